The Morgan fingerprint density at radius 3 is 1.97 bits per heavy atom. The summed E-state index contributed by atoms with van der Waals surface area (Å²) in [6, 6.07) is 28.7. The second kappa shape index (κ2) is 12.4. The summed E-state index contributed by atoms with van der Waals surface area (Å²) in [4.78, 5) is 26.0. The second-order valence-corrected chi connectivity index (χ2v) is 9.04. The lowest BCUT2D eigenvalue weighted by molar-refractivity contribution is -0.183. The smallest absolute Gasteiger partial charge is 0.335 e. The van der Waals surface area contributed by atoms with Crippen LogP contribution in [0.25, 0.3) is 0 Å². The number of ketones is 1. The third-order valence-electron chi connectivity index (χ3n) is 6.31. The van der Waals surface area contributed by atoms with E-state index in [0.29, 0.717) is 24.5 Å². The van der Waals surface area contributed by atoms with Crippen LogP contribution in [-0.4, -0.2) is 30.1 Å². The molecule has 1 aliphatic rings. The fourth-order valence-electron chi connectivity index (χ4n) is 4.34. The molecule has 39 heavy (non-hydrogen) atoms. The molecule has 7 nitrogen and oxygen atoms in total. The zero-order valence-corrected chi connectivity index (χ0v) is 21.2. The van der Waals surface area contributed by atoms with E-state index in [2.05, 4.69) is 0 Å². The molecule has 4 aromatic carbocycles. The van der Waals surface area contributed by atoms with E-state index in [1.54, 1.807) is 18.2 Å². The van der Waals surface area contributed by atoms with Crippen LogP contribution >= 0.6 is 0 Å². The van der Waals surface area contributed by atoms with Crippen LogP contribution in [0.4, 0.5) is 0 Å². The first-order valence-corrected chi connectivity index (χ1v) is 12.7. The van der Waals surface area contributed by atoms with Crippen LogP contribution < -0.4 is 9.47 Å². The molecule has 0 spiro atoms. The van der Waals surface area contributed by atoms with Crippen LogP contribution in [-0.2, 0) is 22.7 Å². The van der Waals surface area contributed by atoms with Crippen molar-refractivity contribution in [3.8, 4) is 11.5 Å². The average Bonchev–Trinajstić information content (AvgIpc) is 2.99. The highest BCUT2D eigenvalue weighted by atomic mass is 16.7. The van der Waals surface area contributed by atoms with Gasteiger partial charge in [0.15, 0.2) is 6.29 Å². The predicted octanol–water partition coefficient (Wildman–Crippen LogP) is 6.21. The number of hydrogen-bond donors (Lipinski definition) is 1. The number of carbonyl (C=O) groups is 2. The Morgan fingerprint density at radius 2 is 1.36 bits per heavy atom. The molecule has 0 atom stereocenters. The normalized spacial score (nSPS) is 13.5. The highest BCUT2D eigenvalue weighted by Gasteiger charge is 2.29. The molecule has 4 aromatic rings. The van der Waals surface area contributed by atoms with Crippen LogP contribution in [0.3, 0.4) is 0 Å². The first-order valence-electron chi connectivity index (χ1n) is 12.7. The highest BCUT2D eigenvalue weighted by Crippen LogP contribution is 2.36. The molecule has 0 radical (unpaired) electrons. The van der Waals surface area contributed by atoms with Gasteiger partial charge in [-0.25, -0.2) is 4.79 Å². The van der Waals surface area contributed by atoms with E-state index in [1.807, 2.05) is 60.7 Å². The van der Waals surface area contributed by atoms with E-state index >= 15 is 0 Å². The average molecular weight is 525 g/mol. The van der Waals surface area contributed by atoms with Gasteiger partial charge in [-0.2, -0.15) is 0 Å². The van der Waals surface area contributed by atoms with Gasteiger partial charge in [-0.3, -0.25) is 4.79 Å². The van der Waals surface area contributed by atoms with E-state index < -0.39 is 12.3 Å². The van der Waals surface area contributed by atoms with Crippen LogP contribution in [0.1, 0.15) is 55.7 Å². The van der Waals surface area contributed by atoms with Gasteiger partial charge in [-0.05, 0) is 41.8 Å². The minimum atomic E-state index is -1.12. The summed E-state index contributed by atoms with van der Waals surface area (Å²) in [6.45, 7) is 1.43. The number of rotatable bonds is 10. The summed E-state index contributed by atoms with van der Waals surface area (Å²) in [5, 5.41) is 9.58. The standard InChI is InChI=1S/C32H28O7/c33-30(25-16-15-24(31(34)35)19-28(25)39-21-23-11-5-2-6-12-23)29-26(32-36-17-8-18-37-32)13-7-14-27(29)38-20-22-9-3-1-4-10-22/h1-7,9-16,19,32H,8,17-18,20-21H2,(H,34,35). The molecular formula is C32H28O7. The maximum absolute atomic E-state index is 14.2. The number of ether oxygens (including phenoxy) is 4. The molecule has 0 aliphatic carbocycles. The Bertz CT molecular complexity index is 1430. The minimum Gasteiger partial charge on any atom is -0.488 e. The predicted molar refractivity (Wildman–Crippen MR) is 144 cm³/mol. The minimum absolute atomic E-state index is 0.0161. The van der Waals surface area contributed by atoms with Crippen molar-refractivity contribution in [3.05, 3.63) is 130 Å². The fraction of sp³-hybridized carbons (Fsp3) is 0.188. The summed E-state index contributed by atoms with van der Waals surface area (Å²) in [5.41, 5.74) is 2.89. The van der Waals surface area contributed by atoms with Crippen molar-refractivity contribution < 1.29 is 33.6 Å². The van der Waals surface area contributed by atoms with Crippen molar-refractivity contribution in [3.63, 3.8) is 0 Å². The van der Waals surface area contributed by atoms with Crippen molar-refractivity contribution in [1.82, 2.24) is 0 Å². The lowest BCUT2D eigenvalue weighted by atomic mass is 9.95. The van der Waals surface area contributed by atoms with Gasteiger partial charge < -0.3 is 24.1 Å². The highest BCUT2D eigenvalue weighted by molar-refractivity contribution is 6.13. The molecule has 0 bridgehead atoms. The summed E-state index contributed by atoms with van der Waals surface area (Å²) in [6.07, 6.45) is 0.0305. The molecule has 198 valence electrons. The lowest BCUT2D eigenvalue weighted by Crippen LogP contribution is -2.21. The molecule has 7 heteroatoms. The molecule has 1 aliphatic heterocycles. The number of carboxylic acid groups (broad SMARTS) is 1. The van der Waals surface area contributed by atoms with E-state index in [4.69, 9.17) is 18.9 Å². The molecule has 0 unspecified atom stereocenters. The van der Waals surface area contributed by atoms with Crippen LogP contribution in [0.15, 0.2) is 97.1 Å². The number of carboxylic acids is 1. The first kappa shape index (κ1) is 26.2. The van der Waals surface area contributed by atoms with E-state index in [0.717, 1.165) is 17.5 Å². The summed E-state index contributed by atoms with van der Waals surface area (Å²) < 4.78 is 23.9. The molecule has 1 saturated heterocycles. The SMILES string of the molecule is O=C(O)c1ccc(C(=O)c2c(OCc3ccccc3)cccc2C2OCCCO2)c(OCc2ccccc2)c1. The molecule has 0 amide bonds. The van der Waals surface area contributed by atoms with Gasteiger partial charge >= 0.3 is 5.97 Å². The van der Waals surface area contributed by atoms with Gasteiger partial charge in [0, 0.05) is 5.56 Å². The van der Waals surface area contributed by atoms with E-state index in [9.17, 15) is 14.7 Å². The first-order chi connectivity index (χ1) is 19.1. The van der Waals surface area contributed by atoms with Crippen LogP contribution in [0.5, 0.6) is 11.5 Å². The van der Waals surface area contributed by atoms with Crippen molar-refractivity contribution in [2.45, 2.75) is 25.9 Å². The Morgan fingerprint density at radius 1 is 0.744 bits per heavy atom. The topological polar surface area (TPSA) is 91.3 Å². The largest absolute Gasteiger partial charge is 0.488 e. The molecular weight excluding hydrogens is 496 g/mol. The van der Waals surface area contributed by atoms with Crippen molar-refractivity contribution in [2.24, 2.45) is 0 Å². The fourth-order valence-corrected chi connectivity index (χ4v) is 4.34. The molecule has 1 N–H and O–H groups in total. The van der Waals surface area contributed by atoms with Gasteiger partial charge in [0.1, 0.15) is 24.7 Å². The van der Waals surface area contributed by atoms with Gasteiger partial charge in [0.2, 0.25) is 5.78 Å². The third-order valence-corrected chi connectivity index (χ3v) is 6.31. The van der Waals surface area contributed by atoms with Gasteiger partial charge in [-0.15, -0.1) is 0 Å². The van der Waals surface area contributed by atoms with Crippen molar-refractivity contribution >= 4 is 11.8 Å². The van der Waals surface area contributed by atoms with Gasteiger partial charge in [0.05, 0.1) is 29.9 Å². The zero-order valence-electron chi connectivity index (χ0n) is 21.2. The molecule has 0 saturated carbocycles. The Balaban J connectivity index is 1.54. The molecule has 1 fully saturated rings. The third kappa shape index (κ3) is 6.34. The maximum atomic E-state index is 14.2. The number of aromatic carboxylic acids is 1. The van der Waals surface area contributed by atoms with Crippen LogP contribution in [0.2, 0.25) is 0 Å². The summed E-state index contributed by atoms with van der Waals surface area (Å²) in [5.74, 6) is -0.963. The summed E-state index contributed by atoms with van der Waals surface area (Å²) >= 11 is 0. The molecule has 0 aromatic heterocycles. The van der Waals surface area contributed by atoms with Gasteiger partial charge in [-0.1, -0.05) is 72.8 Å². The van der Waals surface area contributed by atoms with E-state index in [1.165, 1.54) is 18.2 Å². The quantitative estimate of drug-likeness (QED) is 0.247. The zero-order chi connectivity index (χ0) is 27.0. The Kier molecular flexibility index (Phi) is 8.31. The number of benzene rings is 4. The Labute approximate surface area is 226 Å². The summed E-state index contributed by atoms with van der Waals surface area (Å²) in [7, 11) is 0. The number of hydrogen-bond acceptors (Lipinski definition) is 6. The number of carbonyl (C=O) groups excluding carboxylic acids is 1. The molecule has 5 rings (SSSR count). The maximum Gasteiger partial charge on any atom is 0.335 e. The lowest BCUT2D eigenvalue weighted by Gasteiger charge is -2.26. The second-order valence-electron chi connectivity index (χ2n) is 9.04. The van der Waals surface area contributed by atoms with Gasteiger partial charge in [0.25, 0.3) is 0 Å². The van der Waals surface area contributed by atoms with Crippen LogP contribution in [0, 0.1) is 0 Å². The van der Waals surface area contributed by atoms with Crippen molar-refractivity contribution in [1.29, 1.82) is 0 Å². The Hall–Kier alpha value is -4.46. The molecule has 1 heterocycles. The van der Waals surface area contributed by atoms with Crippen molar-refractivity contribution in [2.75, 3.05) is 13.2 Å². The monoisotopic (exact) mass is 524 g/mol. The van der Waals surface area contributed by atoms with E-state index in [-0.39, 0.29) is 41.4 Å².